The monoisotopic (exact) mass is 352 g/mol. The van der Waals surface area contributed by atoms with Gasteiger partial charge in [-0.3, -0.25) is 4.79 Å². The Bertz CT molecular complexity index is 736. The summed E-state index contributed by atoms with van der Waals surface area (Å²) in [5.74, 6) is 0.681. The standard InChI is InChI=1S/C21H28N4O/c1-4-25(16(2)3)18-11-9-17(10-12-18)23-21(26)19-8-7-13-22-20(19)24-14-5-6-15-24/h7-13,16H,4-6,14-15H2,1-3H3,(H,23,26). The van der Waals surface area contributed by atoms with Crippen molar-refractivity contribution in [3.8, 4) is 0 Å². The van der Waals surface area contributed by atoms with E-state index < -0.39 is 0 Å². The van der Waals surface area contributed by atoms with Gasteiger partial charge in [0, 0.05) is 43.2 Å². The molecule has 1 N–H and O–H groups in total. The summed E-state index contributed by atoms with van der Waals surface area (Å²) in [6.07, 6.45) is 4.07. The molecule has 26 heavy (non-hydrogen) atoms. The van der Waals surface area contributed by atoms with Gasteiger partial charge in [0.05, 0.1) is 5.56 Å². The summed E-state index contributed by atoms with van der Waals surface area (Å²) in [5, 5.41) is 3.01. The van der Waals surface area contributed by atoms with Crippen molar-refractivity contribution in [3.63, 3.8) is 0 Å². The number of nitrogens with zero attached hydrogens (tertiary/aromatic N) is 3. The fourth-order valence-electron chi connectivity index (χ4n) is 3.54. The predicted molar refractivity (Wildman–Crippen MR) is 108 cm³/mol. The second-order valence-electron chi connectivity index (χ2n) is 6.95. The van der Waals surface area contributed by atoms with E-state index in [2.05, 4.69) is 53.0 Å². The third-order valence-corrected chi connectivity index (χ3v) is 4.86. The Labute approximate surface area is 156 Å². The molecule has 5 nitrogen and oxygen atoms in total. The normalized spacial score (nSPS) is 13.9. The lowest BCUT2D eigenvalue weighted by molar-refractivity contribution is 0.102. The molecular weight excluding hydrogens is 324 g/mol. The number of carbonyl (C=O) groups excluding carboxylic acids is 1. The van der Waals surface area contributed by atoms with E-state index in [1.807, 2.05) is 24.3 Å². The molecule has 0 spiro atoms. The lowest BCUT2D eigenvalue weighted by atomic mass is 10.2. The zero-order valence-corrected chi connectivity index (χ0v) is 15.9. The molecule has 0 radical (unpaired) electrons. The summed E-state index contributed by atoms with van der Waals surface area (Å²) >= 11 is 0. The van der Waals surface area contributed by atoms with Crippen LogP contribution in [0.4, 0.5) is 17.2 Å². The minimum Gasteiger partial charge on any atom is -0.369 e. The molecule has 1 aromatic carbocycles. The lowest BCUT2D eigenvalue weighted by Gasteiger charge is -2.27. The molecule has 1 aliphatic heterocycles. The van der Waals surface area contributed by atoms with E-state index in [9.17, 15) is 4.79 Å². The predicted octanol–water partition coefficient (Wildman–Crippen LogP) is 4.17. The number of rotatable bonds is 6. The molecule has 0 aliphatic carbocycles. The quantitative estimate of drug-likeness (QED) is 0.848. The first-order valence-corrected chi connectivity index (χ1v) is 9.48. The van der Waals surface area contributed by atoms with Crippen LogP contribution in [-0.4, -0.2) is 36.6 Å². The van der Waals surface area contributed by atoms with Crippen molar-refractivity contribution >= 4 is 23.1 Å². The Balaban J connectivity index is 1.74. The first-order valence-electron chi connectivity index (χ1n) is 9.48. The van der Waals surface area contributed by atoms with Crippen LogP contribution in [0.5, 0.6) is 0 Å². The molecule has 5 heteroatoms. The Kier molecular flexibility index (Phi) is 5.76. The van der Waals surface area contributed by atoms with E-state index in [4.69, 9.17) is 0 Å². The fourth-order valence-corrected chi connectivity index (χ4v) is 3.54. The minimum atomic E-state index is -0.107. The number of benzene rings is 1. The molecule has 2 heterocycles. The van der Waals surface area contributed by atoms with Crippen LogP contribution in [0.2, 0.25) is 0 Å². The van der Waals surface area contributed by atoms with E-state index in [0.29, 0.717) is 11.6 Å². The maximum atomic E-state index is 12.8. The van der Waals surface area contributed by atoms with Crippen molar-refractivity contribution in [1.29, 1.82) is 0 Å². The van der Waals surface area contributed by atoms with Crippen LogP contribution in [0, 0.1) is 0 Å². The van der Waals surface area contributed by atoms with E-state index >= 15 is 0 Å². The highest BCUT2D eigenvalue weighted by Gasteiger charge is 2.20. The van der Waals surface area contributed by atoms with Gasteiger partial charge in [-0.25, -0.2) is 4.98 Å². The number of hydrogen-bond acceptors (Lipinski definition) is 4. The van der Waals surface area contributed by atoms with Gasteiger partial charge in [-0.2, -0.15) is 0 Å². The van der Waals surface area contributed by atoms with Crippen LogP contribution in [0.3, 0.4) is 0 Å². The van der Waals surface area contributed by atoms with Crippen molar-refractivity contribution in [1.82, 2.24) is 4.98 Å². The van der Waals surface area contributed by atoms with Crippen molar-refractivity contribution in [3.05, 3.63) is 48.2 Å². The van der Waals surface area contributed by atoms with E-state index in [0.717, 1.165) is 44.0 Å². The molecule has 0 atom stereocenters. The Morgan fingerprint density at radius 1 is 1.19 bits per heavy atom. The summed E-state index contributed by atoms with van der Waals surface area (Å²) in [6.45, 7) is 9.40. The Morgan fingerprint density at radius 3 is 2.50 bits per heavy atom. The molecule has 0 saturated carbocycles. The zero-order chi connectivity index (χ0) is 18.5. The van der Waals surface area contributed by atoms with Gasteiger partial charge in [-0.05, 0) is 70.0 Å². The molecule has 1 amide bonds. The number of hydrogen-bond donors (Lipinski definition) is 1. The van der Waals surface area contributed by atoms with E-state index in [-0.39, 0.29) is 5.91 Å². The molecule has 0 unspecified atom stereocenters. The van der Waals surface area contributed by atoms with Gasteiger partial charge in [0.15, 0.2) is 0 Å². The van der Waals surface area contributed by atoms with Crippen molar-refractivity contribution in [2.45, 2.75) is 39.7 Å². The van der Waals surface area contributed by atoms with Crippen LogP contribution >= 0.6 is 0 Å². The van der Waals surface area contributed by atoms with Crippen LogP contribution in [0.15, 0.2) is 42.6 Å². The van der Waals surface area contributed by atoms with Gasteiger partial charge in [0.25, 0.3) is 5.91 Å². The van der Waals surface area contributed by atoms with Crippen LogP contribution in [0.1, 0.15) is 44.0 Å². The molecule has 1 saturated heterocycles. The lowest BCUT2D eigenvalue weighted by Crippen LogP contribution is -2.30. The molecular formula is C21H28N4O. The molecule has 138 valence electrons. The topological polar surface area (TPSA) is 48.5 Å². The minimum absolute atomic E-state index is 0.107. The van der Waals surface area contributed by atoms with Gasteiger partial charge in [-0.1, -0.05) is 0 Å². The number of aromatic nitrogens is 1. The number of pyridine rings is 1. The highest BCUT2D eigenvalue weighted by atomic mass is 16.1. The number of nitrogens with one attached hydrogen (secondary N) is 1. The average Bonchev–Trinajstić information content (AvgIpc) is 3.18. The van der Waals surface area contributed by atoms with Crippen molar-refractivity contribution in [2.75, 3.05) is 34.8 Å². The maximum absolute atomic E-state index is 12.8. The highest BCUT2D eigenvalue weighted by molar-refractivity contribution is 6.07. The summed E-state index contributed by atoms with van der Waals surface area (Å²) in [5.41, 5.74) is 2.60. The smallest absolute Gasteiger partial charge is 0.259 e. The van der Waals surface area contributed by atoms with Gasteiger partial charge < -0.3 is 15.1 Å². The summed E-state index contributed by atoms with van der Waals surface area (Å²) in [7, 11) is 0. The van der Waals surface area contributed by atoms with Gasteiger partial charge in [0.2, 0.25) is 0 Å². The van der Waals surface area contributed by atoms with Gasteiger partial charge in [0.1, 0.15) is 5.82 Å². The molecule has 1 fully saturated rings. The van der Waals surface area contributed by atoms with Gasteiger partial charge in [-0.15, -0.1) is 0 Å². The zero-order valence-electron chi connectivity index (χ0n) is 15.9. The first kappa shape index (κ1) is 18.2. The largest absolute Gasteiger partial charge is 0.369 e. The molecule has 1 aliphatic rings. The highest BCUT2D eigenvalue weighted by Crippen LogP contribution is 2.24. The third kappa shape index (κ3) is 3.98. The van der Waals surface area contributed by atoms with Crippen LogP contribution in [-0.2, 0) is 0 Å². The van der Waals surface area contributed by atoms with E-state index in [1.165, 1.54) is 5.69 Å². The number of amides is 1. The van der Waals surface area contributed by atoms with Gasteiger partial charge >= 0.3 is 0 Å². The molecule has 2 aromatic rings. The molecule has 1 aromatic heterocycles. The second kappa shape index (κ2) is 8.21. The molecule has 0 bridgehead atoms. The number of anilines is 3. The third-order valence-electron chi connectivity index (χ3n) is 4.86. The molecule has 3 rings (SSSR count). The summed E-state index contributed by atoms with van der Waals surface area (Å²) < 4.78 is 0. The Morgan fingerprint density at radius 2 is 1.88 bits per heavy atom. The second-order valence-corrected chi connectivity index (χ2v) is 6.95. The van der Waals surface area contributed by atoms with Crippen molar-refractivity contribution in [2.24, 2.45) is 0 Å². The Hall–Kier alpha value is -2.56. The SMILES string of the molecule is CCN(c1ccc(NC(=O)c2cccnc2N2CCCC2)cc1)C(C)C. The van der Waals surface area contributed by atoms with Crippen LogP contribution < -0.4 is 15.1 Å². The van der Waals surface area contributed by atoms with E-state index in [1.54, 1.807) is 6.20 Å². The summed E-state index contributed by atoms with van der Waals surface area (Å²) in [6, 6.07) is 12.2. The number of carbonyl (C=O) groups is 1. The average molecular weight is 352 g/mol. The maximum Gasteiger partial charge on any atom is 0.259 e. The fraction of sp³-hybridized carbons (Fsp3) is 0.429. The van der Waals surface area contributed by atoms with Crippen LogP contribution in [0.25, 0.3) is 0 Å². The van der Waals surface area contributed by atoms with Crippen molar-refractivity contribution < 1.29 is 4.79 Å². The summed E-state index contributed by atoms with van der Waals surface area (Å²) in [4.78, 5) is 21.7. The first-order chi connectivity index (χ1) is 12.6.